The second-order valence-electron chi connectivity index (χ2n) is 5.73. The van der Waals surface area contributed by atoms with Gasteiger partial charge in [-0.3, -0.25) is 0 Å². The molecule has 2 saturated heterocycles. The Morgan fingerprint density at radius 3 is 2.08 bits per heavy atom. The Morgan fingerprint density at radius 2 is 1.50 bits per heavy atom. The number of ether oxygens (including phenoxy) is 4. The molecule has 0 aromatic carbocycles. The van der Waals surface area contributed by atoms with E-state index in [1.807, 2.05) is 0 Å². The van der Waals surface area contributed by atoms with Gasteiger partial charge in [0, 0.05) is 0 Å². The van der Waals surface area contributed by atoms with Gasteiger partial charge in [0.1, 0.15) is 36.6 Å². The molecule has 24 heavy (non-hydrogen) atoms. The summed E-state index contributed by atoms with van der Waals surface area (Å²) in [5, 5.41) is 59.1. The lowest BCUT2D eigenvalue weighted by atomic mass is 9.97. The van der Waals surface area contributed by atoms with Crippen LogP contribution in [0.5, 0.6) is 0 Å². The molecule has 6 N–H and O–H groups in total. The summed E-state index contributed by atoms with van der Waals surface area (Å²) in [6.07, 6.45) is -15.8. The summed E-state index contributed by atoms with van der Waals surface area (Å²) in [4.78, 5) is 11.6. The second-order valence-corrected chi connectivity index (χ2v) is 5.73. The van der Waals surface area contributed by atoms with Crippen LogP contribution in [-0.4, -0.2) is 105 Å². The molecule has 0 saturated carbocycles. The molecule has 0 radical (unpaired) electrons. The van der Waals surface area contributed by atoms with Crippen molar-refractivity contribution >= 4 is 5.97 Å². The molecule has 0 bridgehead atoms. The summed E-state index contributed by atoms with van der Waals surface area (Å²) in [6.45, 7) is 1.42. The van der Waals surface area contributed by atoms with Crippen molar-refractivity contribution in [2.24, 2.45) is 0 Å². The van der Waals surface area contributed by atoms with Crippen molar-refractivity contribution in [3.8, 4) is 0 Å². The third-order valence-corrected chi connectivity index (χ3v) is 4.10. The first kappa shape index (κ1) is 19.4. The van der Waals surface area contributed by atoms with E-state index >= 15 is 0 Å². The van der Waals surface area contributed by atoms with Gasteiger partial charge in [0.25, 0.3) is 0 Å². The highest BCUT2D eigenvalue weighted by Crippen LogP contribution is 2.28. The summed E-state index contributed by atoms with van der Waals surface area (Å²) in [6, 6.07) is 0. The highest BCUT2D eigenvalue weighted by atomic mass is 16.7. The molecule has 0 amide bonds. The van der Waals surface area contributed by atoms with Crippen LogP contribution in [0, 0.1) is 0 Å². The molecule has 0 aromatic heterocycles. The van der Waals surface area contributed by atoms with Gasteiger partial charge in [-0.25, -0.2) is 4.79 Å². The molecule has 0 aliphatic carbocycles. The number of hydrogen-bond donors (Lipinski definition) is 6. The van der Waals surface area contributed by atoms with E-state index in [1.54, 1.807) is 0 Å². The number of rotatable bonds is 3. The number of carbonyl (C=O) groups excluding carboxylic acids is 1. The Morgan fingerprint density at radius 1 is 0.875 bits per heavy atom. The fourth-order valence-electron chi connectivity index (χ4n) is 2.59. The van der Waals surface area contributed by atoms with Crippen molar-refractivity contribution in [3.63, 3.8) is 0 Å². The third kappa shape index (κ3) is 3.54. The van der Waals surface area contributed by atoms with Crippen molar-refractivity contribution < 1.29 is 54.4 Å². The van der Waals surface area contributed by atoms with E-state index in [0.717, 1.165) is 7.11 Å². The van der Waals surface area contributed by atoms with Gasteiger partial charge in [-0.2, -0.15) is 0 Å². The van der Waals surface area contributed by atoms with Crippen LogP contribution in [0.3, 0.4) is 0 Å². The molecular weight excluding hydrogens is 332 g/mol. The first-order valence-corrected chi connectivity index (χ1v) is 7.31. The highest BCUT2D eigenvalue weighted by Gasteiger charge is 2.51. The molecule has 0 spiro atoms. The summed E-state index contributed by atoms with van der Waals surface area (Å²) in [7, 11) is 1.03. The molecule has 0 aromatic rings. The summed E-state index contributed by atoms with van der Waals surface area (Å²) >= 11 is 0. The van der Waals surface area contributed by atoms with Crippen LogP contribution in [0.25, 0.3) is 0 Å². The van der Waals surface area contributed by atoms with Gasteiger partial charge in [0.05, 0.1) is 13.2 Å². The molecule has 11 heteroatoms. The zero-order valence-electron chi connectivity index (χ0n) is 13.0. The van der Waals surface area contributed by atoms with Crippen LogP contribution in [0.15, 0.2) is 0 Å². The number of methoxy groups -OCH3 is 1. The minimum Gasteiger partial charge on any atom is -0.467 e. The van der Waals surface area contributed by atoms with E-state index < -0.39 is 67.4 Å². The first-order valence-electron chi connectivity index (χ1n) is 7.31. The minimum absolute atomic E-state index is 0.873. The monoisotopic (exact) mass is 354 g/mol. The highest BCUT2D eigenvalue weighted by molar-refractivity contribution is 5.75. The Bertz CT molecular complexity index is 446. The van der Waals surface area contributed by atoms with Crippen LogP contribution in [0.1, 0.15) is 6.92 Å². The molecule has 2 aliphatic rings. The van der Waals surface area contributed by atoms with Gasteiger partial charge < -0.3 is 49.6 Å². The maximum absolute atomic E-state index is 11.6. The fourth-order valence-corrected chi connectivity index (χ4v) is 2.59. The quantitative estimate of drug-likeness (QED) is 0.271. The maximum atomic E-state index is 11.6. The predicted molar refractivity (Wildman–Crippen MR) is 72.1 cm³/mol. The number of carbonyl (C=O) groups is 1. The topological polar surface area (TPSA) is 175 Å². The molecule has 2 rings (SSSR count). The van der Waals surface area contributed by atoms with Crippen LogP contribution in [-0.2, 0) is 23.7 Å². The second kappa shape index (κ2) is 7.56. The number of aliphatic hydroxyl groups excluding tert-OH is 6. The molecule has 2 fully saturated rings. The van der Waals surface area contributed by atoms with Gasteiger partial charge in [0.15, 0.2) is 18.7 Å². The minimum atomic E-state index is -1.81. The van der Waals surface area contributed by atoms with Crippen LogP contribution in [0.4, 0.5) is 0 Å². The van der Waals surface area contributed by atoms with Gasteiger partial charge in [0.2, 0.25) is 0 Å². The van der Waals surface area contributed by atoms with E-state index in [-0.39, 0.29) is 0 Å². The van der Waals surface area contributed by atoms with Crippen LogP contribution < -0.4 is 0 Å². The van der Waals surface area contributed by atoms with Crippen LogP contribution >= 0.6 is 0 Å². The average molecular weight is 354 g/mol. The van der Waals surface area contributed by atoms with E-state index in [4.69, 9.17) is 14.2 Å². The lowest BCUT2D eigenvalue weighted by Gasteiger charge is -2.44. The lowest BCUT2D eigenvalue weighted by Crippen LogP contribution is -2.64. The molecule has 140 valence electrons. The molecule has 2 heterocycles. The van der Waals surface area contributed by atoms with E-state index in [9.17, 15) is 35.4 Å². The average Bonchev–Trinajstić information content (AvgIpc) is 2.55. The van der Waals surface area contributed by atoms with Gasteiger partial charge in [-0.15, -0.1) is 0 Å². The Labute approximate surface area is 136 Å². The number of aliphatic hydroxyl groups is 6. The lowest BCUT2D eigenvalue weighted by molar-refractivity contribution is -0.355. The van der Waals surface area contributed by atoms with E-state index in [2.05, 4.69) is 4.74 Å². The first-order chi connectivity index (χ1) is 11.2. The van der Waals surface area contributed by atoms with E-state index in [0.29, 0.717) is 0 Å². The van der Waals surface area contributed by atoms with Gasteiger partial charge in [-0.1, -0.05) is 0 Å². The zero-order chi connectivity index (χ0) is 18.2. The van der Waals surface area contributed by atoms with Gasteiger partial charge in [-0.05, 0) is 6.92 Å². The molecule has 10 atom stereocenters. The Kier molecular flexibility index (Phi) is 6.12. The smallest absolute Gasteiger partial charge is 0.337 e. The standard InChI is InChI=1S/C13H22O11/c1-3-4(14)6(16)10(12(20)22-3)24-13-8(18)5(15)7(17)9(23-13)11(19)21-2/h3-10,12-18,20H,1-2H3/t3-,4-,5-,6+,7-,8+,9-,10+,12?,13+/m0/s1. The van der Waals surface area contributed by atoms with E-state index in [1.165, 1.54) is 6.92 Å². The number of hydrogen-bond acceptors (Lipinski definition) is 11. The van der Waals surface area contributed by atoms with Crippen molar-refractivity contribution in [2.45, 2.75) is 68.3 Å². The Balaban J connectivity index is 2.13. The maximum Gasteiger partial charge on any atom is 0.337 e. The SMILES string of the molecule is COC(=O)[C@H]1O[C@H](O[C@H]2C(O)O[C@@H](C)[C@H](O)[C@H]2O)[C@H](O)[C@@H](O)[C@@H]1O. The van der Waals surface area contributed by atoms with Gasteiger partial charge >= 0.3 is 5.97 Å². The zero-order valence-corrected chi connectivity index (χ0v) is 13.0. The molecule has 11 nitrogen and oxygen atoms in total. The summed E-state index contributed by atoms with van der Waals surface area (Å²) < 4.78 is 19.7. The predicted octanol–water partition coefficient (Wildman–Crippen LogP) is -4.19. The largest absolute Gasteiger partial charge is 0.467 e. The molecule has 1 unspecified atom stereocenters. The number of esters is 1. The summed E-state index contributed by atoms with van der Waals surface area (Å²) in [5.74, 6) is -1.02. The van der Waals surface area contributed by atoms with Crippen molar-refractivity contribution in [1.82, 2.24) is 0 Å². The normalized spacial score (nSPS) is 49.7. The van der Waals surface area contributed by atoms with Crippen LogP contribution in [0.2, 0.25) is 0 Å². The van der Waals surface area contributed by atoms with Crippen molar-refractivity contribution in [1.29, 1.82) is 0 Å². The molecule has 2 aliphatic heterocycles. The Hall–Kier alpha value is -0.890. The van der Waals surface area contributed by atoms with Crippen molar-refractivity contribution in [2.75, 3.05) is 7.11 Å². The third-order valence-electron chi connectivity index (χ3n) is 4.10. The molecular formula is C13H22O11. The fraction of sp³-hybridized carbons (Fsp3) is 0.923. The summed E-state index contributed by atoms with van der Waals surface area (Å²) in [5.41, 5.74) is 0. The van der Waals surface area contributed by atoms with Crippen molar-refractivity contribution in [3.05, 3.63) is 0 Å².